The minimum absolute atomic E-state index is 0.0611. The van der Waals surface area contributed by atoms with Crippen molar-refractivity contribution in [3.8, 4) is 0 Å². The van der Waals surface area contributed by atoms with E-state index in [9.17, 15) is 20.1 Å². The summed E-state index contributed by atoms with van der Waals surface area (Å²) in [5.74, 6) is 0. The molecule has 1 rings (SSSR count). The second kappa shape index (κ2) is 7.98. The van der Waals surface area contributed by atoms with Crippen molar-refractivity contribution >= 4 is 6.29 Å². The van der Waals surface area contributed by atoms with Gasteiger partial charge >= 0.3 is 0 Å². The van der Waals surface area contributed by atoms with Crippen molar-refractivity contribution in [2.24, 2.45) is 0 Å². The Morgan fingerprint density at radius 3 is 2.32 bits per heavy atom. The van der Waals surface area contributed by atoms with Crippen molar-refractivity contribution in [3.05, 3.63) is 35.9 Å². The number of ether oxygens (including phenoxy) is 1. The van der Waals surface area contributed by atoms with Crippen LogP contribution in [0.2, 0.25) is 0 Å². The molecule has 0 fully saturated rings. The van der Waals surface area contributed by atoms with Gasteiger partial charge in [0, 0.05) is 0 Å². The molecule has 0 saturated heterocycles. The van der Waals surface area contributed by atoms with Gasteiger partial charge in [0.25, 0.3) is 0 Å². The summed E-state index contributed by atoms with van der Waals surface area (Å²) in [4.78, 5) is 10.6. The molecule has 19 heavy (non-hydrogen) atoms. The average Bonchev–Trinajstić information content (AvgIpc) is 2.47. The van der Waals surface area contributed by atoms with Gasteiger partial charge in [0.05, 0.1) is 13.2 Å². The largest absolute Gasteiger partial charge is 0.394 e. The van der Waals surface area contributed by atoms with Crippen molar-refractivity contribution in [2.75, 3.05) is 6.61 Å². The third-order valence-corrected chi connectivity index (χ3v) is 2.68. The van der Waals surface area contributed by atoms with Crippen LogP contribution in [0.25, 0.3) is 0 Å². The molecule has 0 spiro atoms. The molecule has 0 aliphatic carbocycles. The summed E-state index contributed by atoms with van der Waals surface area (Å²) in [6.45, 7) is -0.635. The Bertz CT molecular complexity index is 369. The number of aliphatic hydroxyl groups is 4. The van der Waals surface area contributed by atoms with Crippen LogP contribution in [0.5, 0.6) is 0 Å². The number of carbonyl (C=O) groups is 1. The molecule has 6 heteroatoms. The quantitative estimate of drug-likeness (QED) is 0.444. The second-order valence-electron chi connectivity index (χ2n) is 4.13. The van der Waals surface area contributed by atoms with Gasteiger partial charge in [-0.2, -0.15) is 0 Å². The van der Waals surface area contributed by atoms with E-state index < -0.39 is 31.0 Å². The highest BCUT2D eigenvalue weighted by Crippen LogP contribution is 2.12. The molecular formula is C13H18O6. The molecule has 0 aliphatic heterocycles. The Labute approximate surface area is 110 Å². The lowest BCUT2D eigenvalue weighted by Crippen LogP contribution is -2.47. The van der Waals surface area contributed by atoms with Crippen LogP contribution in [0, 0.1) is 0 Å². The van der Waals surface area contributed by atoms with Crippen LogP contribution in [0.3, 0.4) is 0 Å². The fourth-order valence-corrected chi connectivity index (χ4v) is 1.57. The van der Waals surface area contributed by atoms with Gasteiger partial charge < -0.3 is 30.0 Å². The average molecular weight is 270 g/mol. The van der Waals surface area contributed by atoms with E-state index in [1.54, 1.807) is 24.3 Å². The van der Waals surface area contributed by atoms with E-state index in [2.05, 4.69) is 0 Å². The zero-order chi connectivity index (χ0) is 14.3. The number of hydrogen-bond donors (Lipinski definition) is 4. The van der Waals surface area contributed by atoms with E-state index in [-0.39, 0.29) is 12.9 Å². The minimum atomic E-state index is -1.58. The molecule has 0 aromatic heterocycles. The van der Waals surface area contributed by atoms with Crippen molar-refractivity contribution in [1.29, 1.82) is 0 Å². The molecular weight excluding hydrogens is 252 g/mol. The number of aldehydes is 1. The van der Waals surface area contributed by atoms with Gasteiger partial charge in [-0.05, 0) is 5.56 Å². The van der Waals surface area contributed by atoms with Crippen molar-refractivity contribution < 1.29 is 30.0 Å². The summed E-state index contributed by atoms with van der Waals surface area (Å²) in [5, 5.41) is 37.3. The number of rotatable bonds is 8. The van der Waals surface area contributed by atoms with Crippen LogP contribution in [-0.2, 0) is 16.1 Å². The molecule has 0 heterocycles. The summed E-state index contributed by atoms with van der Waals surface area (Å²) in [5.41, 5.74) is 0.788. The lowest BCUT2D eigenvalue weighted by molar-refractivity contribution is -0.153. The first kappa shape index (κ1) is 15.7. The Morgan fingerprint density at radius 1 is 1.16 bits per heavy atom. The maximum absolute atomic E-state index is 10.6. The molecule has 1 aromatic rings. The van der Waals surface area contributed by atoms with Crippen LogP contribution in [0.1, 0.15) is 5.56 Å². The summed E-state index contributed by atoms with van der Waals surface area (Å²) < 4.78 is 5.26. The van der Waals surface area contributed by atoms with Crippen LogP contribution >= 0.6 is 0 Å². The molecule has 4 atom stereocenters. The molecule has 0 bridgehead atoms. The van der Waals surface area contributed by atoms with E-state index in [1.165, 1.54) is 0 Å². The summed E-state index contributed by atoms with van der Waals surface area (Å²) in [6.07, 6.45) is -5.73. The normalized spacial score (nSPS) is 17.5. The molecule has 4 N–H and O–H groups in total. The molecule has 0 radical (unpaired) electrons. The van der Waals surface area contributed by atoms with E-state index in [4.69, 9.17) is 9.84 Å². The van der Waals surface area contributed by atoms with Gasteiger partial charge in [-0.15, -0.1) is 0 Å². The van der Waals surface area contributed by atoms with Crippen molar-refractivity contribution in [3.63, 3.8) is 0 Å². The van der Waals surface area contributed by atoms with Gasteiger partial charge in [0.2, 0.25) is 0 Å². The molecule has 0 amide bonds. The molecule has 1 aromatic carbocycles. The fraction of sp³-hybridized carbons (Fsp3) is 0.462. The maximum atomic E-state index is 10.6. The van der Waals surface area contributed by atoms with E-state index in [0.29, 0.717) is 0 Å². The molecule has 0 saturated carbocycles. The van der Waals surface area contributed by atoms with Crippen molar-refractivity contribution in [2.45, 2.75) is 31.0 Å². The Balaban J connectivity index is 2.67. The van der Waals surface area contributed by atoms with Gasteiger partial charge in [-0.3, -0.25) is 0 Å². The highest BCUT2D eigenvalue weighted by Gasteiger charge is 2.32. The minimum Gasteiger partial charge on any atom is -0.394 e. The number of benzene rings is 1. The zero-order valence-corrected chi connectivity index (χ0v) is 10.3. The topological polar surface area (TPSA) is 107 Å². The maximum Gasteiger partial charge on any atom is 0.151 e. The first-order chi connectivity index (χ1) is 9.10. The highest BCUT2D eigenvalue weighted by atomic mass is 16.5. The van der Waals surface area contributed by atoms with Gasteiger partial charge in [0.1, 0.15) is 24.4 Å². The Morgan fingerprint density at radius 2 is 1.79 bits per heavy atom. The lowest BCUT2D eigenvalue weighted by Gasteiger charge is -2.27. The third kappa shape index (κ3) is 4.70. The first-order valence-electron chi connectivity index (χ1n) is 5.86. The standard InChI is InChI=1S/C13H18O6/c14-6-10(16)12(18)13(11(17)7-15)19-8-9-4-2-1-3-5-9/h1-5,7,10-14,16-18H,6,8H2/t10-,11+,12-,13-/m1/s1. The van der Waals surface area contributed by atoms with Crippen LogP contribution < -0.4 is 0 Å². The molecule has 0 aliphatic rings. The fourth-order valence-electron chi connectivity index (χ4n) is 1.57. The van der Waals surface area contributed by atoms with Crippen LogP contribution in [0.15, 0.2) is 30.3 Å². The van der Waals surface area contributed by atoms with Gasteiger partial charge in [-0.1, -0.05) is 30.3 Å². The smallest absolute Gasteiger partial charge is 0.151 e. The van der Waals surface area contributed by atoms with Crippen LogP contribution in [-0.4, -0.2) is 57.7 Å². The third-order valence-electron chi connectivity index (χ3n) is 2.68. The zero-order valence-electron chi connectivity index (χ0n) is 10.3. The molecule has 0 unspecified atom stereocenters. The second-order valence-corrected chi connectivity index (χ2v) is 4.13. The van der Waals surface area contributed by atoms with Crippen LogP contribution in [0.4, 0.5) is 0 Å². The van der Waals surface area contributed by atoms with E-state index >= 15 is 0 Å². The first-order valence-corrected chi connectivity index (χ1v) is 5.86. The number of carbonyl (C=O) groups excluding carboxylic acids is 1. The highest BCUT2D eigenvalue weighted by molar-refractivity contribution is 5.56. The summed E-state index contributed by atoms with van der Waals surface area (Å²) >= 11 is 0. The van der Waals surface area contributed by atoms with Gasteiger partial charge in [0.15, 0.2) is 6.29 Å². The monoisotopic (exact) mass is 270 g/mol. The SMILES string of the molecule is O=C[C@H](O)[C@@H](OCc1ccccc1)[C@H](O)[C@H](O)CO. The molecule has 106 valence electrons. The Kier molecular flexibility index (Phi) is 6.61. The number of aliphatic hydroxyl groups excluding tert-OH is 4. The number of hydrogen-bond acceptors (Lipinski definition) is 6. The van der Waals surface area contributed by atoms with Gasteiger partial charge in [-0.25, -0.2) is 0 Å². The predicted molar refractivity (Wildman–Crippen MR) is 66.2 cm³/mol. The van der Waals surface area contributed by atoms with Crippen molar-refractivity contribution in [1.82, 2.24) is 0 Å². The predicted octanol–water partition coefficient (Wildman–Crippen LogP) is -1.15. The molecule has 6 nitrogen and oxygen atoms in total. The van der Waals surface area contributed by atoms with E-state index in [0.717, 1.165) is 5.56 Å². The lowest BCUT2D eigenvalue weighted by atomic mass is 10.0. The van der Waals surface area contributed by atoms with E-state index in [1.807, 2.05) is 6.07 Å². The summed E-state index contributed by atoms with van der Waals surface area (Å²) in [6, 6.07) is 8.97. The summed E-state index contributed by atoms with van der Waals surface area (Å²) in [7, 11) is 0. The Hall–Kier alpha value is -1.31.